The van der Waals surface area contributed by atoms with Crippen molar-refractivity contribution in [2.45, 2.75) is 30.6 Å². The molecule has 0 spiro atoms. The van der Waals surface area contributed by atoms with Gasteiger partial charge >= 0.3 is 0 Å². The normalized spacial score (nSPS) is 13.3. The monoisotopic (exact) mass is 411 g/mol. The first-order valence-corrected chi connectivity index (χ1v) is 11.0. The highest BCUT2D eigenvalue weighted by molar-refractivity contribution is 7.89. The number of anilines is 1. The van der Waals surface area contributed by atoms with E-state index in [1.165, 1.54) is 23.5 Å². The highest BCUT2D eigenvalue weighted by Gasteiger charge is 2.18. The molecular weight excluding hydrogens is 390 g/mol. The maximum Gasteiger partial charge on any atom is 0.240 e. The van der Waals surface area contributed by atoms with E-state index >= 15 is 0 Å². The van der Waals surface area contributed by atoms with Crippen molar-refractivity contribution in [3.05, 3.63) is 29.8 Å². The van der Waals surface area contributed by atoms with Crippen LogP contribution in [-0.2, 0) is 14.8 Å². The Bertz CT molecular complexity index is 869. The molecule has 0 aliphatic carbocycles. The summed E-state index contributed by atoms with van der Waals surface area (Å²) in [5.41, 5.74) is 0. The number of ether oxygens (including phenoxy) is 2. The van der Waals surface area contributed by atoms with E-state index in [0.29, 0.717) is 55.7 Å². The van der Waals surface area contributed by atoms with Gasteiger partial charge in [-0.3, -0.25) is 4.79 Å². The number of nitrogens with one attached hydrogen (secondary N) is 2. The zero-order valence-electron chi connectivity index (χ0n) is 14.6. The molecule has 2 N–H and O–H groups in total. The molecule has 0 radical (unpaired) electrons. The Kier molecular flexibility index (Phi) is 6.64. The number of thiazole rings is 1. The summed E-state index contributed by atoms with van der Waals surface area (Å²) in [4.78, 5) is 15.9. The molecule has 0 bridgehead atoms. The van der Waals surface area contributed by atoms with Crippen molar-refractivity contribution in [1.29, 1.82) is 0 Å². The molecule has 1 aliphatic rings. The third-order valence-electron chi connectivity index (χ3n) is 3.88. The zero-order chi connectivity index (χ0) is 19.1. The smallest absolute Gasteiger partial charge is 0.240 e. The van der Waals surface area contributed by atoms with Crippen molar-refractivity contribution in [2.75, 3.05) is 25.1 Å². The molecule has 2 heterocycles. The fourth-order valence-electron chi connectivity index (χ4n) is 2.53. The van der Waals surface area contributed by atoms with Crippen LogP contribution in [0, 0.1) is 0 Å². The predicted octanol–water partition coefficient (Wildman–Crippen LogP) is 2.39. The molecule has 1 aliphatic heterocycles. The molecule has 0 unspecified atom stereocenters. The van der Waals surface area contributed by atoms with Crippen LogP contribution in [0.2, 0.25) is 0 Å². The molecule has 0 fully saturated rings. The van der Waals surface area contributed by atoms with Crippen molar-refractivity contribution in [3.63, 3.8) is 0 Å². The van der Waals surface area contributed by atoms with Gasteiger partial charge in [-0.1, -0.05) is 6.42 Å². The van der Waals surface area contributed by atoms with Crippen molar-refractivity contribution >= 4 is 32.4 Å². The molecule has 0 atom stereocenters. The minimum Gasteiger partial charge on any atom is -0.486 e. The van der Waals surface area contributed by atoms with Crippen LogP contribution in [0.3, 0.4) is 0 Å². The van der Waals surface area contributed by atoms with Gasteiger partial charge in [0.2, 0.25) is 15.9 Å². The molecule has 27 heavy (non-hydrogen) atoms. The third kappa shape index (κ3) is 5.65. The van der Waals surface area contributed by atoms with Crippen LogP contribution < -0.4 is 19.5 Å². The van der Waals surface area contributed by atoms with E-state index < -0.39 is 10.0 Å². The summed E-state index contributed by atoms with van der Waals surface area (Å²) in [6.07, 6.45) is 4.09. The first-order chi connectivity index (χ1) is 13.0. The number of sulfonamides is 1. The first kappa shape index (κ1) is 19.6. The molecule has 1 aromatic heterocycles. The van der Waals surface area contributed by atoms with Crippen LogP contribution in [0.5, 0.6) is 11.5 Å². The number of amides is 1. The van der Waals surface area contributed by atoms with E-state index in [0.717, 1.165) is 6.42 Å². The second-order valence-corrected chi connectivity index (χ2v) is 8.56. The van der Waals surface area contributed by atoms with Crippen molar-refractivity contribution < 1.29 is 22.7 Å². The highest BCUT2D eigenvalue weighted by Crippen LogP contribution is 2.32. The van der Waals surface area contributed by atoms with Crippen LogP contribution in [-0.4, -0.2) is 39.1 Å². The Morgan fingerprint density at radius 3 is 2.74 bits per heavy atom. The minimum absolute atomic E-state index is 0.0817. The molecule has 1 aromatic carbocycles. The second-order valence-electron chi connectivity index (χ2n) is 5.90. The van der Waals surface area contributed by atoms with Gasteiger partial charge in [-0.15, -0.1) is 11.3 Å². The number of unbranched alkanes of at least 4 members (excludes halogenated alkanes) is 2. The van der Waals surface area contributed by atoms with E-state index in [2.05, 4.69) is 15.0 Å². The van der Waals surface area contributed by atoms with E-state index in [1.807, 2.05) is 0 Å². The summed E-state index contributed by atoms with van der Waals surface area (Å²) in [7, 11) is -3.60. The lowest BCUT2D eigenvalue weighted by atomic mass is 10.2. The quantitative estimate of drug-likeness (QED) is 0.614. The standard InChI is InChI=1S/C17H21N3O5S2/c21-16(20-17-18-8-11-26-17)4-2-1-3-7-19-27(22,23)13-5-6-14-15(12-13)25-10-9-24-14/h5-6,8,11-12,19H,1-4,7,9-10H2,(H,18,20,21). The second kappa shape index (κ2) is 9.16. The molecule has 10 heteroatoms. The largest absolute Gasteiger partial charge is 0.486 e. The van der Waals surface area contributed by atoms with Crippen molar-refractivity contribution in [2.24, 2.45) is 0 Å². The van der Waals surface area contributed by atoms with Gasteiger partial charge in [-0.25, -0.2) is 18.1 Å². The number of fused-ring (bicyclic) bond motifs is 1. The average molecular weight is 412 g/mol. The summed E-state index contributed by atoms with van der Waals surface area (Å²) < 4.78 is 38.1. The molecule has 0 saturated heterocycles. The van der Waals surface area contributed by atoms with Gasteiger partial charge in [-0.2, -0.15) is 0 Å². The topological polar surface area (TPSA) is 107 Å². The lowest BCUT2D eigenvalue weighted by molar-refractivity contribution is -0.116. The van der Waals surface area contributed by atoms with E-state index in [4.69, 9.17) is 9.47 Å². The van der Waals surface area contributed by atoms with Crippen molar-refractivity contribution in [1.82, 2.24) is 9.71 Å². The summed E-state index contributed by atoms with van der Waals surface area (Å²) in [6, 6.07) is 4.57. The third-order valence-corrected chi connectivity index (χ3v) is 6.02. The Morgan fingerprint density at radius 1 is 1.15 bits per heavy atom. The number of hydrogen-bond acceptors (Lipinski definition) is 7. The number of benzene rings is 1. The SMILES string of the molecule is O=C(CCCCCNS(=O)(=O)c1ccc2c(c1)OCCO2)Nc1nccs1. The molecule has 2 aromatic rings. The molecule has 0 saturated carbocycles. The lowest BCUT2D eigenvalue weighted by Crippen LogP contribution is -2.25. The molecule has 146 valence electrons. The van der Waals surface area contributed by atoms with Crippen LogP contribution in [0.25, 0.3) is 0 Å². The Labute approximate surface area is 162 Å². The lowest BCUT2D eigenvalue weighted by Gasteiger charge is -2.18. The van der Waals surface area contributed by atoms with Gasteiger partial charge in [0.25, 0.3) is 0 Å². The van der Waals surface area contributed by atoms with Gasteiger partial charge in [0.05, 0.1) is 4.90 Å². The summed E-state index contributed by atoms with van der Waals surface area (Å²) in [5.74, 6) is 0.911. The molecule has 1 amide bonds. The number of aromatic nitrogens is 1. The number of rotatable bonds is 9. The number of hydrogen-bond donors (Lipinski definition) is 2. The van der Waals surface area contributed by atoms with E-state index in [9.17, 15) is 13.2 Å². The zero-order valence-corrected chi connectivity index (χ0v) is 16.3. The van der Waals surface area contributed by atoms with Gasteiger partial charge < -0.3 is 14.8 Å². The molecule has 8 nitrogen and oxygen atoms in total. The predicted molar refractivity (Wildman–Crippen MR) is 102 cm³/mol. The Morgan fingerprint density at radius 2 is 1.96 bits per heavy atom. The van der Waals surface area contributed by atoms with Gasteiger partial charge in [0.15, 0.2) is 16.6 Å². The average Bonchev–Trinajstić information content (AvgIpc) is 3.17. The number of carbonyl (C=O) groups is 1. The highest BCUT2D eigenvalue weighted by atomic mass is 32.2. The molecule has 3 rings (SSSR count). The van der Waals surface area contributed by atoms with E-state index in [1.54, 1.807) is 17.6 Å². The van der Waals surface area contributed by atoms with Gasteiger partial charge in [0, 0.05) is 30.6 Å². The molecular formula is C17H21N3O5S2. The maximum absolute atomic E-state index is 12.4. The van der Waals surface area contributed by atoms with Crippen molar-refractivity contribution in [3.8, 4) is 11.5 Å². The summed E-state index contributed by atoms with van der Waals surface area (Å²) in [6.45, 7) is 1.17. The maximum atomic E-state index is 12.4. The van der Waals surface area contributed by atoms with Crippen LogP contribution in [0.4, 0.5) is 5.13 Å². The minimum atomic E-state index is -3.60. The fraction of sp³-hybridized carbons (Fsp3) is 0.412. The summed E-state index contributed by atoms with van der Waals surface area (Å²) in [5, 5.41) is 5.10. The Hall–Kier alpha value is -2.17. The van der Waals surface area contributed by atoms with Crippen LogP contribution >= 0.6 is 11.3 Å². The number of carbonyl (C=O) groups excluding carboxylic acids is 1. The van der Waals surface area contributed by atoms with E-state index in [-0.39, 0.29) is 10.8 Å². The Balaban J connectivity index is 1.37. The fourth-order valence-corrected chi connectivity index (χ4v) is 4.17. The van der Waals surface area contributed by atoms with Gasteiger partial charge in [0.1, 0.15) is 13.2 Å². The van der Waals surface area contributed by atoms with Gasteiger partial charge in [-0.05, 0) is 25.0 Å². The first-order valence-electron chi connectivity index (χ1n) is 8.63. The van der Waals surface area contributed by atoms with Crippen LogP contribution in [0.1, 0.15) is 25.7 Å². The number of nitrogens with zero attached hydrogens (tertiary/aromatic N) is 1. The summed E-state index contributed by atoms with van der Waals surface area (Å²) >= 11 is 1.37. The van der Waals surface area contributed by atoms with Crippen LogP contribution in [0.15, 0.2) is 34.7 Å².